The van der Waals surface area contributed by atoms with Crippen molar-refractivity contribution in [3.05, 3.63) is 47.8 Å². The maximum absolute atomic E-state index is 4.52. The van der Waals surface area contributed by atoms with E-state index in [1.54, 1.807) is 0 Å². The zero-order chi connectivity index (χ0) is 10.3. The Labute approximate surface area is 112 Å². The lowest BCUT2D eigenvalue weighted by Gasteiger charge is -2.15. The summed E-state index contributed by atoms with van der Waals surface area (Å²) in [4.78, 5) is 8.97. The summed E-state index contributed by atoms with van der Waals surface area (Å²) in [5.74, 6) is 0.393. The molecular weight excluding hydrogens is 311 g/mol. The fraction of sp³-hybridized carbons (Fsp3) is 0.231. The first kappa shape index (κ1) is 11.5. The number of nitrogens with zero attached hydrogens (tertiary/aromatic N) is 2. The molecule has 3 heteroatoms. The largest absolute Gasteiger partial charge is 0.282 e. The molecule has 2 atom stereocenters. The number of halogens is 1. The van der Waals surface area contributed by atoms with Crippen LogP contribution in [0.1, 0.15) is 24.2 Å². The molecular formula is C13H13IN2. The highest BCUT2D eigenvalue weighted by Crippen LogP contribution is 2.46. The molecule has 3 rings (SSSR count). The molecule has 2 nitrogen and oxygen atoms in total. The molecule has 2 aliphatic rings. The number of aromatic nitrogens is 1. The Morgan fingerprint density at radius 3 is 3.06 bits per heavy atom. The van der Waals surface area contributed by atoms with Gasteiger partial charge in [-0.3, -0.25) is 9.98 Å². The summed E-state index contributed by atoms with van der Waals surface area (Å²) in [7, 11) is 0. The average Bonchev–Trinajstić information content (AvgIpc) is 2.63. The van der Waals surface area contributed by atoms with Gasteiger partial charge in [-0.15, -0.1) is 24.0 Å². The molecule has 0 spiro atoms. The van der Waals surface area contributed by atoms with Crippen LogP contribution in [0.25, 0.3) is 5.57 Å². The van der Waals surface area contributed by atoms with Crippen molar-refractivity contribution in [3.63, 3.8) is 0 Å². The third kappa shape index (κ3) is 1.54. The van der Waals surface area contributed by atoms with E-state index in [0.717, 1.165) is 5.69 Å². The second-order valence-electron chi connectivity index (χ2n) is 3.83. The second-order valence-corrected chi connectivity index (χ2v) is 3.83. The monoisotopic (exact) mass is 324 g/mol. The minimum Gasteiger partial charge on any atom is -0.282 e. The van der Waals surface area contributed by atoms with Crippen molar-refractivity contribution in [2.75, 3.05) is 0 Å². The van der Waals surface area contributed by atoms with Gasteiger partial charge in [0.25, 0.3) is 0 Å². The molecule has 82 valence electrons. The van der Waals surface area contributed by atoms with Crippen LogP contribution in [0.3, 0.4) is 0 Å². The molecule has 0 amide bonds. The highest BCUT2D eigenvalue weighted by molar-refractivity contribution is 14.0. The second kappa shape index (κ2) is 4.49. The number of rotatable bonds is 0. The summed E-state index contributed by atoms with van der Waals surface area (Å²) in [5.41, 5.74) is 3.74. The molecule has 1 aromatic heterocycles. The molecule has 0 aromatic carbocycles. The summed E-state index contributed by atoms with van der Waals surface area (Å²) in [5, 5.41) is 0. The normalized spacial score (nSPS) is 27.4. The zero-order valence-electron chi connectivity index (χ0n) is 9.00. The van der Waals surface area contributed by atoms with Crippen LogP contribution >= 0.6 is 24.0 Å². The third-order valence-corrected chi connectivity index (χ3v) is 3.09. The van der Waals surface area contributed by atoms with Crippen molar-refractivity contribution in [1.82, 2.24) is 4.98 Å². The van der Waals surface area contributed by atoms with Crippen molar-refractivity contribution >= 4 is 35.8 Å². The van der Waals surface area contributed by atoms with Crippen LogP contribution in [-0.4, -0.2) is 11.2 Å². The van der Waals surface area contributed by atoms with E-state index < -0.39 is 0 Å². The van der Waals surface area contributed by atoms with Crippen molar-refractivity contribution < 1.29 is 0 Å². The van der Waals surface area contributed by atoms with Gasteiger partial charge in [0.2, 0.25) is 0 Å². The molecule has 1 aliphatic heterocycles. The highest BCUT2D eigenvalue weighted by atomic mass is 127. The molecule has 2 unspecified atom stereocenters. The Bertz CT molecular complexity index is 488. The van der Waals surface area contributed by atoms with Crippen LogP contribution in [0.4, 0.5) is 0 Å². The van der Waals surface area contributed by atoms with Crippen LogP contribution in [0.2, 0.25) is 0 Å². The van der Waals surface area contributed by atoms with E-state index >= 15 is 0 Å². The molecule has 1 aromatic rings. The van der Waals surface area contributed by atoms with Crippen LogP contribution in [0, 0.1) is 5.92 Å². The molecule has 1 aliphatic carbocycles. The Kier molecular flexibility index (Phi) is 3.23. The van der Waals surface area contributed by atoms with Gasteiger partial charge in [-0.05, 0) is 24.6 Å². The van der Waals surface area contributed by atoms with E-state index in [9.17, 15) is 0 Å². The summed E-state index contributed by atoms with van der Waals surface area (Å²) in [6.45, 7) is 2.08. The summed E-state index contributed by atoms with van der Waals surface area (Å²) in [6.07, 6.45) is 10.1. The third-order valence-electron chi connectivity index (χ3n) is 3.09. The first-order valence-electron chi connectivity index (χ1n) is 5.23. The summed E-state index contributed by atoms with van der Waals surface area (Å²) < 4.78 is 0. The summed E-state index contributed by atoms with van der Waals surface area (Å²) >= 11 is 0. The Morgan fingerprint density at radius 2 is 2.25 bits per heavy atom. The smallest absolute Gasteiger partial charge is 0.103 e. The maximum atomic E-state index is 4.52. The average molecular weight is 324 g/mol. The fourth-order valence-electron chi connectivity index (χ4n) is 2.45. The highest BCUT2D eigenvalue weighted by Gasteiger charge is 2.35. The van der Waals surface area contributed by atoms with E-state index in [0.29, 0.717) is 5.92 Å². The number of pyridine rings is 1. The van der Waals surface area contributed by atoms with E-state index in [1.165, 1.54) is 11.1 Å². The van der Waals surface area contributed by atoms with E-state index in [2.05, 4.69) is 35.1 Å². The molecule has 2 heterocycles. The van der Waals surface area contributed by atoms with Crippen molar-refractivity contribution in [2.24, 2.45) is 10.9 Å². The maximum Gasteiger partial charge on any atom is 0.103 e. The van der Waals surface area contributed by atoms with E-state index in [1.807, 2.05) is 24.6 Å². The lowest BCUT2D eigenvalue weighted by molar-refractivity contribution is 0.644. The number of aliphatic imine (C=N–C) groups is 1. The van der Waals surface area contributed by atoms with Crippen molar-refractivity contribution in [1.29, 1.82) is 0 Å². The van der Waals surface area contributed by atoms with Crippen molar-refractivity contribution in [2.45, 2.75) is 13.0 Å². The Hall–Kier alpha value is -0.970. The van der Waals surface area contributed by atoms with Gasteiger partial charge in [0.15, 0.2) is 0 Å². The van der Waals surface area contributed by atoms with Crippen LogP contribution in [-0.2, 0) is 0 Å². The number of hydrogen-bond donors (Lipinski definition) is 0. The quantitative estimate of drug-likeness (QED) is 0.672. The molecule has 0 saturated carbocycles. The van der Waals surface area contributed by atoms with Crippen LogP contribution in [0.15, 0.2) is 41.6 Å². The number of allylic oxidation sites excluding steroid dienone is 2. The molecule has 0 bridgehead atoms. The van der Waals surface area contributed by atoms with E-state index in [4.69, 9.17) is 0 Å². The lowest BCUT2D eigenvalue weighted by atomic mass is 9.95. The first-order chi connectivity index (χ1) is 7.42. The van der Waals surface area contributed by atoms with Gasteiger partial charge in [0.05, 0.1) is 5.69 Å². The van der Waals surface area contributed by atoms with Gasteiger partial charge in [-0.25, -0.2) is 0 Å². The fourth-order valence-corrected chi connectivity index (χ4v) is 2.45. The molecule has 0 saturated heterocycles. The van der Waals surface area contributed by atoms with E-state index in [-0.39, 0.29) is 30.0 Å². The van der Waals surface area contributed by atoms with Gasteiger partial charge < -0.3 is 0 Å². The minimum absolute atomic E-state index is 0. The molecule has 0 N–H and O–H groups in total. The SMILES string of the molecule is C/C=C1/c2cccnc2C2N=CC=CC12.I. The van der Waals surface area contributed by atoms with Gasteiger partial charge >= 0.3 is 0 Å². The first-order valence-corrected chi connectivity index (χ1v) is 5.23. The summed E-state index contributed by atoms with van der Waals surface area (Å²) in [6, 6.07) is 4.34. The standard InChI is InChI=1S/C13H12N2.HI/c1-2-9-10-5-3-7-14-12(10)13-11(9)6-4-8-15-13;/h2-8,10,12H,1H3;1H/b9-2+;. The lowest BCUT2D eigenvalue weighted by Crippen LogP contribution is -2.06. The Morgan fingerprint density at radius 1 is 1.38 bits per heavy atom. The topological polar surface area (TPSA) is 25.2 Å². The van der Waals surface area contributed by atoms with Gasteiger partial charge in [0, 0.05) is 23.9 Å². The van der Waals surface area contributed by atoms with Crippen LogP contribution in [0.5, 0.6) is 0 Å². The van der Waals surface area contributed by atoms with Crippen LogP contribution < -0.4 is 0 Å². The predicted octanol–water partition coefficient (Wildman–Crippen LogP) is 3.41. The predicted molar refractivity (Wildman–Crippen MR) is 77.2 cm³/mol. The van der Waals surface area contributed by atoms with Gasteiger partial charge in [0.1, 0.15) is 6.04 Å². The Balaban J connectivity index is 0.000000963. The molecule has 0 radical (unpaired) electrons. The number of fused-ring (bicyclic) bond motifs is 3. The zero-order valence-corrected chi connectivity index (χ0v) is 11.3. The minimum atomic E-state index is 0. The molecule has 0 fully saturated rings. The van der Waals surface area contributed by atoms with Gasteiger partial charge in [-0.2, -0.15) is 0 Å². The number of dihydropyridines is 1. The van der Waals surface area contributed by atoms with Crippen molar-refractivity contribution in [3.8, 4) is 0 Å². The number of hydrogen-bond acceptors (Lipinski definition) is 2. The molecule has 16 heavy (non-hydrogen) atoms. The van der Waals surface area contributed by atoms with Gasteiger partial charge in [-0.1, -0.05) is 18.2 Å².